The molecule has 2 saturated carbocycles. The van der Waals surface area contributed by atoms with E-state index in [-0.39, 0.29) is 0 Å². The van der Waals surface area contributed by atoms with Crippen LogP contribution >= 0.6 is 0 Å². The van der Waals surface area contributed by atoms with Crippen LogP contribution in [0.5, 0.6) is 0 Å². The van der Waals surface area contributed by atoms with Gasteiger partial charge in [0, 0.05) is 11.6 Å². The Hall–Kier alpha value is -0.0400. The van der Waals surface area contributed by atoms with Gasteiger partial charge in [-0.1, -0.05) is 6.92 Å². The van der Waals surface area contributed by atoms with E-state index >= 15 is 0 Å². The molecule has 0 bridgehead atoms. The van der Waals surface area contributed by atoms with Crippen LogP contribution < -0.4 is 0 Å². The average Bonchev–Trinajstić information content (AvgIpc) is 2.91. The van der Waals surface area contributed by atoms with E-state index in [0.717, 1.165) is 12.0 Å². The molecule has 0 aromatic carbocycles. The number of hydrogen-bond acceptors (Lipinski definition) is 1. The minimum absolute atomic E-state index is 0.529. The molecule has 0 amide bonds. The number of rotatable bonds is 4. The Morgan fingerprint density at radius 3 is 2.17 bits per heavy atom. The van der Waals surface area contributed by atoms with Crippen molar-refractivity contribution < 1.29 is 0 Å². The van der Waals surface area contributed by atoms with Crippen LogP contribution in [0.25, 0.3) is 0 Å². The van der Waals surface area contributed by atoms with Crippen LogP contribution in [0.4, 0.5) is 0 Å². The fourth-order valence-electron chi connectivity index (χ4n) is 2.41. The van der Waals surface area contributed by atoms with Crippen molar-refractivity contribution in [2.24, 2.45) is 5.92 Å². The third-order valence-electron chi connectivity index (χ3n) is 4.07. The van der Waals surface area contributed by atoms with Crippen molar-refractivity contribution in [2.75, 3.05) is 7.05 Å². The molecule has 0 spiro atoms. The highest BCUT2D eigenvalue weighted by Crippen LogP contribution is 2.47. The van der Waals surface area contributed by atoms with Gasteiger partial charge in [-0.25, -0.2) is 0 Å². The van der Waals surface area contributed by atoms with E-state index in [9.17, 15) is 0 Å². The molecule has 1 heteroatoms. The lowest BCUT2D eigenvalue weighted by molar-refractivity contribution is 0.0993. The quantitative estimate of drug-likeness (QED) is 0.622. The first-order valence-electron chi connectivity index (χ1n) is 5.41. The summed E-state index contributed by atoms with van der Waals surface area (Å²) >= 11 is 0. The Kier molecular flexibility index (Phi) is 1.95. The van der Waals surface area contributed by atoms with Gasteiger partial charge < -0.3 is 0 Å². The van der Waals surface area contributed by atoms with Gasteiger partial charge in [-0.2, -0.15) is 0 Å². The molecule has 0 heterocycles. The minimum Gasteiger partial charge on any atom is -0.298 e. The van der Waals surface area contributed by atoms with Crippen LogP contribution in [0.15, 0.2) is 0 Å². The summed E-state index contributed by atoms with van der Waals surface area (Å²) in [4.78, 5) is 2.66. The second kappa shape index (κ2) is 2.73. The van der Waals surface area contributed by atoms with Crippen LogP contribution in [0.3, 0.4) is 0 Å². The van der Waals surface area contributed by atoms with Crippen LogP contribution in [0.2, 0.25) is 0 Å². The molecule has 2 aliphatic rings. The summed E-state index contributed by atoms with van der Waals surface area (Å²) < 4.78 is 0. The summed E-state index contributed by atoms with van der Waals surface area (Å²) in [6.45, 7) is 4.81. The second-order valence-electron chi connectivity index (χ2n) is 4.83. The van der Waals surface area contributed by atoms with Crippen molar-refractivity contribution >= 4 is 0 Å². The summed E-state index contributed by atoms with van der Waals surface area (Å²) in [6, 6.07) is 0.926. The molecule has 1 atom stereocenters. The predicted molar refractivity (Wildman–Crippen MR) is 52.2 cm³/mol. The van der Waals surface area contributed by atoms with E-state index in [1.54, 1.807) is 0 Å². The van der Waals surface area contributed by atoms with Gasteiger partial charge in [0.2, 0.25) is 0 Å². The first-order valence-corrected chi connectivity index (χ1v) is 5.41. The normalized spacial score (nSPS) is 29.0. The second-order valence-corrected chi connectivity index (χ2v) is 4.83. The molecule has 0 aromatic heterocycles. The van der Waals surface area contributed by atoms with Crippen LogP contribution in [-0.2, 0) is 0 Å². The van der Waals surface area contributed by atoms with Crippen molar-refractivity contribution in [2.45, 2.75) is 57.5 Å². The molecule has 2 fully saturated rings. The Morgan fingerprint density at radius 2 is 1.83 bits per heavy atom. The van der Waals surface area contributed by atoms with Gasteiger partial charge in [-0.3, -0.25) is 4.90 Å². The molecule has 70 valence electrons. The molecule has 0 aromatic rings. The lowest BCUT2D eigenvalue weighted by Crippen LogP contribution is -2.46. The highest BCUT2D eigenvalue weighted by atomic mass is 15.2. The lowest BCUT2D eigenvalue weighted by Gasteiger charge is -2.39. The van der Waals surface area contributed by atoms with Gasteiger partial charge in [0.15, 0.2) is 0 Å². The zero-order chi connectivity index (χ0) is 8.77. The van der Waals surface area contributed by atoms with E-state index in [1.807, 2.05) is 0 Å². The first-order chi connectivity index (χ1) is 5.68. The predicted octanol–water partition coefficient (Wildman–Crippen LogP) is 2.66. The molecule has 2 rings (SSSR count). The molecule has 12 heavy (non-hydrogen) atoms. The third kappa shape index (κ3) is 1.28. The van der Waals surface area contributed by atoms with Gasteiger partial charge in [-0.15, -0.1) is 0 Å². The van der Waals surface area contributed by atoms with Crippen molar-refractivity contribution in [3.63, 3.8) is 0 Å². The smallest absolute Gasteiger partial charge is 0.0206 e. The van der Waals surface area contributed by atoms with E-state index < -0.39 is 0 Å². The van der Waals surface area contributed by atoms with Crippen molar-refractivity contribution in [3.8, 4) is 0 Å². The van der Waals surface area contributed by atoms with Gasteiger partial charge in [0.05, 0.1) is 0 Å². The van der Waals surface area contributed by atoms with Gasteiger partial charge in [0.25, 0.3) is 0 Å². The molecule has 2 aliphatic carbocycles. The van der Waals surface area contributed by atoms with Crippen LogP contribution in [0.1, 0.15) is 46.0 Å². The Bertz CT molecular complexity index is 170. The Labute approximate surface area is 76.1 Å². The van der Waals surface area contributed by atoms with E-state index in [0.29, 0.717) is 5.54 Å². The zero-order valence-corrected chi connectivity index (χ0v) is 8.64. The molecule has 0 radical (unpaired) electrons. The van der Waals surface area contributed by atoms with E-state index in [4.69, 9.17) is 0 Å². The fraction of sp³-hybridized carbons (Fsp3) is 1.00. The molecule has 1 unspecified atom stereocenters. The molecule has 1 nitrogen and oxygen atoms in total. The van der Waals surface area contributed by atoms with Crippen LogP contribution in [0, 0.1) is 5.92 Å². The monoisotopic (exact) mass is 167 g/mol. The first kappa shape index (κ1) is 8.55. The van der Waals surface area contributed by atoms with E-state index in [1.165, 1.54) is 32.1 Å². The van der Waals surface area contributed by atoms with Crippen molar-refractivity contribution in [1.29, 1.82) is 0 Å². The molecular formula is C11H21N. The van der Waals surface area contributed by atoms with Gasteiger partial charge in [-0.05, 0) is 52.0 Å². The molecule has 0 aliphatic heterocycles. The summed E-state index contributed by atoms with van der Waals surface area (Å²) in [7, 11) is 2.33. The highest BCUT2D eigenvalue weighted by Gasteiger charge is 2.46. The summed E-state index contributed by atoms with van der Waals surface area (Å²) in [6.07, 6.45) is 7.16. The highest BCUT2D eigenvalue weighted by molar-refractivity contribution is 5.01. The van der Waals surface area contributed by atoms with Crippen molar-refractivity contribution in [1.82, 2.24) is 4.90 Å². The summed E-state index contributed by atoms with van der Waals surface area (Å²) in [5.74, 6) is 1.01. The lowest BCUT2D eigenvalue weighted by atomic mass is 9.90. The molecule has 0 saturated heterocycles. The average molecular weight is 167 g/mol. The maximum absolute atomic E-state index is 2.66. The maximum atomic E-state index is 2.66. The Balaban J connectivity index is 2.02. The van der Waals surface area contributed by atoms with Crippen LogP contribution in [-0.4, -0.2) is 23.5 Å². The maximum Gasteiger partial charge on any atom is 0.0206 e. The largest absolute Gasteiger partial charge is 0.298 e. The fourth-order valence-corrected chi connectivity index (χ4v) is 2.41. The summed E-state index contributed by atoms with van der Waals surface area (Å²) in [5.41, 5.74) is 0.529. The minimum atomic E-state index is 0.529. The standard InChI is InChI=1S/C11H21N/c1-4-11(2,9-5-6-9)12(3)10-7-8-10/h9-10H,4-8H2,1-3H3. The summed E-state index contributed by atoms with van der Waals surface area (Å²) in [5, 5.41) is 0. The topological polar surface area (TPSA) is 3.24 Å². The number of nitrogens with zero attached hydrogens (tertiary/aromatic N) is 1. The molecule has 0 N–H and O–H groups in total. The third-order valence-corrected chi connectivity index (χ3v) is 4.07. The zero-order valence-electron chi connectivity index (χ0n) is 8.64. The van der Waals surface area contributed by atoms with Gasteiger partial charge in [0.1, 0.15) is 0 Å². The Morgan fingerprint density at radius 1 is 1.25 bits per heavy atom. The van der Waals surface area contributed by atoms with Crippen molar-refractivity contribution in [3.05, 3.63) is 0 Å². The number of hydrogen-bond donors (Lipinski definition) is 0. The molecular weight excluding hydrogens is 146 g/mol. The van der Waals surface area contributed by atoms with E-state index in [2.05, 4.69) is 25.8 Å². The van der Waals surface area contributed by atoms with Gasteiger partial charge >= 0.3 is 0 Å². The SMILES string of the molecule is CCC(C)(C1CC1)N(C)C1CC1.